The number of hydrogen-bond acceptors (Lipinski definition) is 4. The summed E-state index contributed by atoms with van der Waals surface area (Å²) in [6.07, 6.45) is 2.13. The minimum absolute atomic E-state index is 0.0657. The van der Waals surface area contributed by atoms with Crippen LogP contribution in [0.5, 0.6) is 0 Å². The Kier molecular flexibility index (Phi) is 5.56. The Morgan fingerprint density at radius 2 is 1.88 bits per heavy atom. The second-order valence-electron chi connectivity index (χ2n) is 6.00. The summed E-state index contributed by atoms with van der Waals surface area (Å²) in [5, 5.41) is 2.74. The predicted molar refractivity (Wildman–Crippen MR) is 101 cm³/mol. The van der Waals surface area contributed by atoms with Gasteiger partial charge >= 0.3 is 5.97 Å². The quantitative estimate of drug-likeness (QED) is 0.751. The van der Waals surface area contributed by atoms with Crippen LogP contribution >= 0.6 is 15.9 Å². The van der Waals surface area contributed by atoms with Crippen LogP contribution in [0.3, 0.4) is 0 Å². The van der Waals surface area contributed by atoms with Gasteiger partial charge in [-0.1, -0.05) is 15.9 Å². The van der Waals surface area contributed by atoms with Crippen molar-refractivity contribution in [1.29, 1.82) is 0 Å². The van der Waals surface area contributed by atoms with Crippen molar-refractivity contribution in [2.24, 2.45) is 0 Å². The molecule has 2 aromatic rings. The van der Waals surface area contributed by atoms with Crippen molar-refractivity contribution in [2.75, 3.05) is 30.4 Å². The van der Waals surface area contributed by atoms with Crippen LogP contribution in [0, 0.1) is 5.82 Å². The number of halogens is 2. The first-order chi connectivity index (χ1) is 12.5. The molecule has 0 aromatic heterocycles. The molecule has 136 valence electrons. The number of nitrogens with one attached hydrogen (secondary N) is 1. The monoisotopic (exact) mass is 420 g/mol. The van der Waals surface area contributed by atoms with Gasteiger partial charge in [0.2, 0.25) is 0 Å². The molecule has 1 amide bonds. The topological polar surface area (TPSA) is 58.6 Å². The molecule has 0 bridgehead atoms. The second-order valence-corrected chi connectivity index (χ2v) is 6.91. The Morgan fingerprint density at radius 1 is 1.15 bits per heavy atom. The lowest BCUT2D eigenvalue weighted by Gasteiger charge is -2.22. The summed E-state index contributed by atoms with van der Waals surface area (Å²) in [5.74, 6) is -1.69. The number of esters is 1. The lowest BCUT2D eigenvalue weighted by Crippen LogP contribution is -2.22. The molecule has 7 heteroatoms. The van der Waals surface area contributed by atoms with Crippen LogP contribution in [0.2, 0.25) is 0 Å². The van der Waals surface area contributed by atoms with Gasteiger partial charge in [0.25, 0.3) is 5.91 Å². The van der Waals surface area contributed by atoms with Gasteiger partial charge in [0, 0.05) is 17.6 Å². The standard InChI is InChI=1S/C19H18BrFN2O3/c1-26-19(25)12-4-7-17(23-8-2-3-9-23)16(10-12)22-18(24)14-6-5-13(20)11-15(14)21/h4-7,10-11H,2-3,8-9H2,1H3,(H,22,24). The number of carbonyl (C=O) groups excluding carboxylic acids is 2. The highest BCUT2D eigenvalue weighted by Crippen LogP contribution is 2.31. The molecule has 0 unspecified atom stereocenters. The highest BCUT2D eigenvalue weighted by molar-refractivity contribution is 9.10. The van der Waals surface area contributed by atoms with Crippen molar-refractivity contribution in [1.82, 2.24) is 0 Å². The maximum absolute atomic E-state index is 14.1. The minimum atomic E-state index is -0.622. The van der Waals surface area contributed by atoms with Crippen LogP contribution in [0.4, 0.5) is 15.8 Å². The molecule has 1 fully saturated rings. The van der Waals surface area contributed by atoms with E-state index in [0.29, 0.717) is 15.7 Å². The maximum atomic E-state index is 14.1. The Labute approximate surface area is 159 Å². The summed E-state index contributed by atoms with van der Waals surface area (Å²) in [6, 6.07) is 9.26. The zero-order valence-corrected chi connectivity index (χ0v) is 15.8. The lowest BCUT2D eigenvalue weighted by molar-refractivity contribution is 0.0600. The normalized spacial score (nSPS) is 13.6. The first-order valence-corrected chi connectivity index (χ1v) is 9.02. The number of benzene rings is 2. The van der Waals surface area contributed by atoms with E-state index in [9.17, 15) is 14.0 Å². The molecule has 26 heavy (non-hydrogen) atoms. The molecule has 2 aromatic carbocycles. The fourth-order valence-corrected chi connectivity index (χ4v) is 3.31. The van der Waals surface area contributed by atoms with E-state index in [4.69, 9.17) is 4.74 Å². The molecule has 1 saturated heterocycles. The minimum Gasteiger partial charge on any atom is -0.465 e. The Bertz CT molecular complexity index is 851. The summed E-state index contributed by atoms with van der Waals surface area (Å²) in [4.78, 5) is 26.5. The van der Waals surface area contributed by atoms with E-state index in [1.54, 1.807) is 24.3 Å². The van der Waals surface area contributed by atoms with Crippen LogP contribution in [0.1, 0.15) is 33.6 Å². The summed E-state index contributed by atoms with van der Waals surface area (Å²) in [6.45, 7) is 1.74. The van der Waals surface area contributed by atoms with Crippen molar-refractivity contribution in [3.8, 4) is 0 Å². The molecular weight excluding hydrogens is 403 g/mol. The SMILES string of the molecule is COC(=O)c1ccc(N2CCCC2)c(NC(=O)c2ccc(Br)cc2F)c1. The van der Waals surface area contributed by atoms with Crippen LogP contribution in [-0.2, 0) is 4.74 Å². The number of ether oxygens (including phenoxy) is 1. The molecular formula is C19H18BrFN2O3. The van der Waals surface area contributed by atoms with Crippen molar-refractivity contribution < 1.29 is 18.7 Å². The third-order valence-electron chi connectivity index (χ3n) is 4.29. The molecule has 0 atom stereocenters. The van der Waals surface area contributed by atoms with Gasteiger partial charge < -0.3 is 15.0 Å². The van der Waals surface area contributed by atoms with Gasteiger partial charge in [-0.3, -0.25) is 4.79 Å². The number of carbonyl (C=O) groups is 2. The highest BCUT2D eigenvalue weighted by atomic mass is 79.9. The largest absolute Gasteiger partial charge is 0.465 e. The fourth-order valence-electron chi connectivity index (χ4n) is 2.98. The summed E-state index contributed by atoms with van der Waals surface area (Å²) >= 11 is 3.17. The van der Waals surface area contributed by atoms with Gasteiger partial charge in [0.05, 0.1) is 29.6 Å². The summed E-state index contributed by atoms with van der Waals surface area (Å²) in [5.41, 5.74) is 1.52. The van der Waals surface area contributed by atoms with Crippen LogP contribution in [-0.4, -0.2) is 32.1 Å². The number of hydrogen-bond donors (Lipinski definition) is 1. The smallest absolute Gasteiger partial charge is 0.337 e. The highest BCUT2D eigenvalue weighted by Gasteiger charge is 2.20. The summed E-state index contributed by atoms with van der Waals surface area (Å²) in [7, 11) is 1.30. The number of anilines is 2. The molecule has 0 saturated carbocycles. The molecule has 3 rings (SSSR count). The van der Waals surface area contributed by atoms with Crippen LogP contribution in [0.25, 0.3) is 0 Å². The molecule has 0 spiro atoms. The lowest BCUT2D eigenvalue weighted by atomic mass is 10.1. The van der Waals surface area contributed by atoms with E-state index in [0.717, 1.165) is 31.6 Å². The number of nitrogens with zero attached hydrogens (tertiary/aromatic N) is 1. The molecule has 1 N–H and O–H groups in total. The molecule has 0 radical (unpaired) electrons. The van der Waals surface area contributed by atoms with Gasteiger partial charge in [-0.25, -0.2) is 9.18 Å². The van der Waals surface area contributed by atoms with Crippen molar-refractivity contribution in [2.45, 2.75) is 12.8 Å². The van der Waals surface area contributed by atoms with E-state index in [1.165, 1.54) is 19.2 Å². The summed E-state index contributed by atoms with van der Waals surface area (Å²) < 4.78 is 19.4. The predicted octanol–water partition coefficient (Wildman–Crippen LogP) is 4.23. The molecule has 1 heterocycles. The van der Waals surface area contributed by atoms with E-state index in [1.807, 2.05) is 0 Å². The van der Waals surface area contributed by atoms with Gasteiger partial charge in [-0.15, -0.1) is 0 Å². The van der Waals surface area contributed by atoms with Crippen LogP contribution < -0.4 is 10.2 Å². The zero-order valence-electron chi connectivity index (χ0n) is 14.2. The number of amides is 1. The Balaban J connectivity index is 1.95. The van der Waals surface area contributed by atoms with Crippen molar-refractivity contribution in [3.63, 3.8) is 0 Å². The van der Waals surface area contributed by atoms with E-state index < -0.39 is 17.7 Å². The average Bonchev–Trinajstić information content (AvgIpc) is 3.15. The first-order valence-electron chi connectivity index (χ1n) is 8.23. The first kappa shape index (κ1) is 18.4. The van der Waals surface area contributed by atoms with Gasteiger partial charge in [0.1, 0.15) is 5.82 Å². The van der Waals surface area contributed by atoms with Gasteiger partial charge in [-0.2, -0.15) is 0 Å². The Morgan fingerprint density at radius 3 is 2.54 bits per heavy atom. The van der Waals surface area contributed by atoms with Crippen molar-refractivity contribution in [3.05, 3.63) is 57.8 Å². The van der Waals surface area contributed by atoms with E-state index in [-0.39, 0.29) is 5.56 Å². The third-order valence-corrected chi connectivity index (χ3v) is 4.78. The Hall–Kier alpha value is -2.41. The molecule has 1 aliphatic rings. The average molecular weight is 421 g/mol. The zero-order chi connectivity index (χ0) is 18.7. The fraction of sp³-hybridized carbons (Fsp3) is 0.263. The second kappa shape index (κ2) is 7.86. The molecule has 1 aliphatic heterocycles. The van der Waals surface area contributed by atoms with Gasteiger partial charge in [0.15, 0.2) is 0 Å². The third kappa shape index (κ3) is 3.88. The molecule has 0 aliphatic carbocycles. The van der Waals surface area contributed by atoms with E-state index >= 15 is 0 Å². The maximum Gasteiger partial charge on any atom is 0.337 e. The van der Waals surface area contributed by atoms with Crippen LogP contribution in [0.15, 0.2) is 40.9 Å². The number of methoxy groups -OCH3 is 1. The van der Waals surface area contributed by atoms with E-state index in [2.05, 4.69) is 26.1 Å². The van der Waals surface area contributed by atoms with Gasteiger partial charge in [-0.05, 0) is 49.2 Å². The van der Waals surface area contributed by atoms with Crippen molar-refractivity contribution >= 4 is 39.2 Å². The molecule has 5 nitrogen and oxygen atoms in total. The number of rotatable bonds is 4.